The number of rotatable bonds is 9. The van der Waals surface area contributed by atoms with E-state index in [1.165, 1.54) is 0 Å². The summed E-state index contributed by atoms with van der Waals surface area (Å²) in [6.07, 6.45) is 4.44. The summed E-state index contributed by atoms with van der Waals surface area (Å²) in [7, 11) is 5.02. The Labute approximate surface area is 157 Å². The fourth-order valence-electron chi connectivity index (χ4n) is 2.05. The van der Waals surface area contributed by atoms with E-state index in [1.54, 1.807) is 31.2 Å². The van der Waals surface area contributed by atoms with Crippen molar-refractivity contribution >= 4 is 57.8 Å². The third-order valence-electron chi connectivity index (χ3n) is 3.71. The first-order valence-electron chi connectivity index (χ1n) is 7.76. The van der Waals surface area contributed by atoms with Crippen LogP contribution in [0.2, 0.25) is 0 Å². The number of hydrazone groups is 1. The Morgan fingerprint density at radius 1 is 0.917 bits per heavy atom. The Morgan fingerprint density at radius 3 is 1.58 bits per heavy atom. The maximum atomic E-state index is 12.4. The average Bonchev–Trinajstić information content (AvgIpc) is 3.40. The molecule has 0 aromatic rings. The molecule has 0 aromatic carbocycles. The van der Waals surface area contributed by atoms with Crippen LogP contribution in [0.1, 0.15) is 25.7 Å². The molecule has 0 bridgehead atoms. The van der Waals surface area contributed by atoms with Gasteiger partial charge in [0.1, 0.15) is 0 Å². The topological polar surface area (TPSA) is 89.1 Å². The molecule has 2 fully saturated rings. The molecule has 132 valence electrons. The molecule has 0 aliphatic heterocycles. The third-order valence-corrected chi connectivity index (χ3v) is 6.25. The molecule has 10 heteroatoms. The molecule has 24 heavy (non-hydrogen) atoms. The van der Waals surface area contributed by atoms with Crippen LogP contribution in [0.15, 0.2) is 5.10 Å². The van der Waals surface area contributed by atoms with Crippen LogP contribution in [0.4, 0.5) is 0 Å². The maximum absolute atomic E-state index is 12.4. The SMILES string of the molecule is CNN=C(C(=O)NN(C)C(=[Se])C1CC1)C(=O)NN(C)C(=[Se])C1CC1. The van der Waals surface area contributed by atoms with E-state index in [0.29, 0.717) is 11.8 Å². The van der Waals surface area contributed by atoms with Crippen molar-refractivity contribution in [2.45, 2.75) is 25.7 Å². The number of hydrogen-bond acceptors (Lipinski definition) is 6. The van der Waals surface area contributed by atoms with Crippen LogP contribution in [0.3, 0.4) is 0 Å². The fourth-order valence-corrected chi connectivity index (χ4v) is 3.23. The molecule has 0 heterocycles. The summed E-state index contributed by atoms with van der Waals surface area (Å²) in [5, 5.41) is 7.04. The van der Waals surface area contributed by atoms with Crippen LogP contribution in [0, 0.1) is 11.8 Å². The van der Waals surface area contributed by atoms with Gasteiger partial charge in [-0.2, -0.15) is 0 Å². The minimum atomic E-state index is -0.570. The summed E-state index contributed by atoms with van der Waals surface area (Å²) in [6, 6.07) is 0. The third kappa shape index (κ3) is 5.14. The molecule has 0 radical (unpaired) electrons. The Kier molecular flexibility index (Phi) is 6.57. The number of nitrogens with zero attached hydrogens (tertiary/aromatic N) is 3. The quantitative estimate of drug-likeness (QED) is 0.158. The van der Waals surface area contributed by atoms with Gasteiger partial charge < -0.3 is 0 Å². The van der Waals surface area contributed by atoms with Gasteiger partial charge in [-0.05, 0) is 0 Å². The van der Waals surface area contributed by atoms with Gasteiger partial charge in [0.15, 0.2) is 0 Å². The summed E-state index contributed by atoms with van der Waals surface area (Å²) in [4.78, 5) is 24.8. The van der Waals surface area contributed by atoms with Gasteiger partial charge in [-0.1, -0.05) is 0 Å². The minimum absolute atomic E-state index is 0.233. The van der Waals surface area contributed by atoms with Crippen LogP contribution >= 0.6 is 0 Å². The Balaban J connectivity index is 1.94. The van der Waals surface area contributed by atoms with E-state index in [1.807, 2.05) is 0 Å². The van der Waals surface area contributed by atoms with Crippen molar-refractivity contribution in [1.29, 1.82) is 0 Å². The summed E-state index contributed by atoms with van der Waals surface area (Å²) < 4.78 is 1.91. The monoisotopic (exact) mass is 466 g/mol. The predicted octanol–water partition coefficient (Wildman–Crippen LogP) is -2.10. The van der Waals surface area contributed by atoms with Gasteiger partial charge in [-0.25, -0.2) is 0 Å². The number of hydrazine groups is 2. The number of hydrogen-bond donors (Lipinski definition) is 3. The van der Waals surface area contributed by atoms with E-state index in [-0.39, 0.29) is 5.71 Å². The van der Waals surface area contributed by atoms with E-state index < -0.39 is 11.8 Å². The molecule has 2 rings (SSSR count). The summed E-state index contributed by atoms with van der Waals surface area (Å²) in [5.74, 6) is -0.212. The molecule has 0 atom stereocenters. The first-order valence-corrected chi connectivity index (χ1v) is 9.48. The van der Waals surface area contributed by atoms with Crippen molar-refractivity contribution in [2.75, 3.05) is 21.1 Å². The number of carbonyl (C=O) groups is 2. The number of amides is 2. The Morgan fingerprint density at radius 2 is 1.29 bits per heavy atom. The van der Waals surface area contributed by atoms with Crippen molar-refractivity contribution in [3.63, 3.8) is 0 Å². The van der Waals surface area contributed by atoms with Crippen molar-refractivity contribution in [3.8, 4) is 0 Å². The van der Waals surface area contributed by atoms with Gasteiger partial charge in [-0.15, -0.1) is 0 Å². The first kappa shape index (κ1) is 19.1. The number of carbonyl (C=O) groups excluding carboxylic acids is 2. The molecule has 2 aliphatic carbocycles. The van der Waals surface area contributed by atoms with Crippen LogP contribution in [0.5, 0.6) is 0 Å². The van der Waals surface area contributed by atoms with Crippen molar-refractivity contribution < 1.29 is 9.59 Å². The van der Waals surface area contributed by atoms with Crippen LogP contribution < -0.4 is 16.3 Å². The van der Waals surface area contributed by atoms with Gasteiger partial charge in [0, 0.05) is 0 Å². The molecular weight excluding hydrogens is 442 g/mol. The zero-order valence-corrected chi connectivity index (χ0v) is 17.4. The second-order valence-electron chi connectivity index (χ2n) is 5.91. The van der Waals surface area contributed by atoms with Gasteiger partial charge in [0.05, 0.1) is 0 Å². The molecule has 3 N–H and O–H groups in total. The van der Waals surface area contributed by atoms with Gasteiger partial charge in [0.2, 0.25) is 0 Å². The summed E-state index contributed by atoms with van der Waals surface area (Å²) >= 11 is 5.93. The molecule has 0 aromatic heterocycles. The fraction of sp³-hybridized carbons (Fsp3) is 0.643. The molecule has 0 saturated heterocycles. The predicted molar refractivity (Wildman–Crippen MR) is 95.3 cm³/mol. The zero-order chi connectivity index (χ0) is 17.9. The second-order valence-corrected chi connectivity index (χ2v) is 7.66. The van der Waals surface area contributed by atoms with E-state index in [0.717, 1.165) is 34.8 Å². The van der Waals surface area contributed by atoms with Crippen molar-refractivity contribution in [2.24, 2.45) is 16.9 Å². The average molecular weight is 464 g/mol. The molecule has 0 unspecified atom stereocenters. The van der Waals surface area contributed by atoms with Crippen molar-refractivity contribution in [1.82, 2.24) is 26.3 Å². The molecule has 0 spiro atoms. The van der Waals surface area contributed by atoms with Gasteiger partial charge >= 0.3 is 157 Å². The zero-order valence-electron chi connectivity index (χ0n) is 14.0. The summed E-state index contributed by atoms with van der Waals surface area (Å²) in [5.41, 5.74) is 7.60. The molecule has 2 saturated carbocycles. The molecule has 8 nitrogen and oxygen atoms in total. The second kappa shape index (κ2) is 8.25. The van der Waals surface area contributed by atoms with Gasteiger partial charge in [0.25, 0.3) is 0 Å². The van der Waals surface area contributed by atoms with E-state index >= 15 is 0 Å². The van der Waals surface area contributed by atoms with Crippen LogP contribution in [0.25, 0.3) is 0 Å². The van der Waals surface area contributed by atoms with Crippen LogP contribution in [-0.4, -0.2) is 88.9 Å². The van der Waals surface area contributed by atoms with Gasteiger partial charge in [-0.3, -0.25) is 0 Å². The molecule has 2 aliphatic rings. The van der Waals surface area contributed by atoms with Crippen molar-refractivity contribution in [3.05, 3.63) is 0 Å². The van der Waals surface area contributed by atoms with Crippen LogP contribution in [-0.2, 0) is 9.59 Å². The Bertz CT molecular complexity index is 540. The normalized spacial score (nSPS) is 15.8. The summed E-state index contributed by atoms with van der Waals surface area (Å²) in [6.45, 7) is 0. The molecule has 2 amide bonds. The Hall–Kier alpha value is -1.21. The first-order chi connectivity index (χ1) is 11.3. The molecular formula is C14H22N6O2Se2. The number of nitrogens with one attached hydrogen (secondary N) is 3. The van der Waals surface area contributed by atoms with E-state index in [4.69, 9.17) is 0 Å². The standard InChI is InChI=1S/C14H22N6O2Se2/c1-15-16-10(11(21)17-19(2)13(23)8-4-5-8)12(22)18-20(3)14(24)9-6-7-9/h8-9,15H,4-7H2,1-3H3,(H,17,21)(H,18,22). The van der Waals surface area contributed by atoms with E-state index in [2.05, 4.69) is 52.5 Å². The van der Waals surface area contributed by atoms with E-state index in [9.17, 15) is 9.59 Å².